The molecule has 0 amide bonds. The molecule has 0 N–H and O–H groups in total. The lowest BCUT2D eigenvalue weighted by atomic mass is 9.74. The molecule has 2 nitrogen and oxygen atoms in total. The maximum Gasteiger partial charge on any atom is 0.192 e. The van der Waals surface area contributed by atoms with Crippen molar-refractivity contribution in [3.63, 3.8) is 0 Å². The Morgan fingerprint density at radius 2 is 1.82 bits per heavy atom. The zero-order valence-electron chi connectivity index (χ0n) is 16.0. The smallest absolute Gasteiger partial charge is 0.192 e. The topological polar surface area (TPSA) is 26.3 Å². The van der Waals surface area contributed by atoms with E-state index < -0.39 is 8.32 Å². The summed E-state index contributed by atoms with van der Waals surface area (Å²) in [6.07, 6.45) is 5.63. The van der Waals surface area contributed by atoms with Gasteiger partial charge >= 0.3 is 0 Å². The quantitative estimate of drug-likeness (QED) is 0.460. The number of rotatable bonds is 6. The summed E-state index contributed by atoms with van der Waals surface area (Å²) < 4.78 is 6.68. The molecule has 1 rings (SSSR count). The van der Waals surface area contributed by atoms with E-state index in [1.165, 1.54) is 18.4 Å². The molecule has 2 atom stereocenters. The van der Waals surface area contributed by atoms with Crippen LogP contribution in [0.5, 0.6) is 0 Å². The van der Waals surface area contributed by atoms with Crippen molar-refractivity contribution in [2.45, 2.75) is 91.5 Å². The Labute approximate surface area is 138 Å². The van der Waals surface area contributed by atoms with E-state index in [9.17, 15) is 4.79 Å². The molecule has 1 aliphatic carbocycles. The summed E-state index contributed by atoms with van der Waals surface area (Å²) in [5, 5.41) is 0.205. The van der Waals surface area contributed by atoms with E-state index in [-0.39, 0.29) is 11.1 Å². The molecule has 0 saturated carbocycles. The number of allylic oxidation sites excluding steroid dienone is 1. The first kappa shape index (κ1) is 19.6. The van der Waals surface area contributed by atoms with Crippen molar-refractivity contribution in [3.8, 4) is 0 Å². The molecular formula is C19H36O2Si. The number of hydrogen-bond acceptors (Lipinski definition) is 2. The van der Waals surface area contributed by atoms with Crippen LogP contribution in [-0.2, 0) is 9.22 Å². The lowest BCUT2D eigenvalue weighted by molar-refractivity contribution is -0.105. The number of carbonyl (C=O) groups is 1. The molecule has 0 unspecified atom stereocenters. The lowest BCUT2D eigenvalue weighted by Gasteiger charge is -2.43. The molecule has 0 heterocycles. The molecular weight excluding hydrogens is 288 g/mol. The molecule has 0 bridgehead atoms. The molecule has 0 aromatic rings. The minimum atomic E-state index is -1.81. The summed E-state index contributed by atoms with van der Waals surface area (Å²) in [6.45, 7) is 18.1. The third-order valence-electron chi connectivity index (χ3n) is 6.09. The van der Waals surface area contributed by atoms with Crippen LogP contribution >= 0.6 is 0 Å². The van der Waals surface area contributed by atoms with Crippen LogP contribution in [0.1, 0.15) is 67.2 Å². The predicted octanol–water partition coefficient (Wildman–Crippen LogP) is 5.74. The highest BCUT2D eigenvalue weighted by atomic mass is 28.4. The first-order chi connectivity index (χ1) is 10.1. The van der Waals surface area contributed by atoms with Gasteiger partial charge in [-0.2, -0.15) is 0 Å². The Morgan fingerprint density at radius 3 is 2.23 bits per heavy atom. The van der Waals surface area contributed by atoms with Crippen molar-refractivity contribution in [2.75, 3.05) is 0 Å². The van der Waals surface area contributed by atoms with Gasteiger partial charge in [-0.3, -0.25) is 4.79 Å². The highest BCUT2D eigenvalue weighted by Gasteiger charge is 2.41. The fourth-order valence-corrected chi connectivity index (χ4v) is 4.65. The van der Waals surface area contributed by atoms with Crippen LogP contribution in [0.25, 0.3) is 0 Å². The molecule has 3 heteroatoms. The highest BCUT2D eigenvalue weighted by molar-refractivity contribution is 6.74. The number of carbonyl (C=O) groups excluding carboxylic acids is 1. The monoisotopic (exact) mass is 324 g/mol. The zero-order chi connectivity index (χ0) is 17.1. The van der Waals surface area contributed by atoms with Gasteiger partial charge in [-0.05, 0) is 60.9 Å². The minimum absolute atomic E-state index is 0.139. The molecule has 0 radical (unpaired) electrons. The fraction of sp³-hybridized carbons (Fsp3) is 0.842. The van der Waals surface area contributed by atoms with E-state index in [4.69, 9.17) is 4.43 Å². The van der Waals surface area contributed by atoms with Gasteiger partial charge in [0.25, 0.3) is 0 Å². The largest absolute Gasteiger partial charge is 0.410 e. The highest BCUT2D eigenvalue weighted by Crippen LogP contribution is 2.42. The minimum Gasteiger partial charge on any atom is -0.410 e. The van der Waals surface area contributed by atoms with Crippen LogP contribution in [0.4, 0.5) is 0 Å². The normalized spacial score (nSPS) is 24.0. The van der Waals surface area contributed by atoms with Crippen molar-refractivity contribution < 1.29 is 9.22 Å². The fourth-order valence-electron chi connectivity index (χ4n) is 3.31. The Hall–Kier alpha value is -0.413. The van der Waals surface area contributed by atoms with Crippen molar-refractivity contribution in [2.24, 2.45) is 11.8 Å². The summed E-state index contributed by atoms with van der Waals surface area (Å²) in [5.74, 6) is 1.29. The second-order valence-corrected chi connectivity index (χ2v) is 13.2. The van der Waals surface area contributed by atoms with Gasteiger partial charge in [-0.15, -0.1) is 0 Å². The first-order valence-corrected chi connectivity index (χ1v) is 11.8. The molecule has 0 fully saturated rings. The Balaban J connectivity index is 3.04. The number of aldehydes is 1. The van der Waals surface area contributed by atoms with Crippen molar-refractivity contribution >= 4 is 14.6 Å². The van der Waals surface area contributed by atoms with Crippen molar-refractivity contribution in [3.05, 3.63) is 11.1 Å². The average Bonchev–Trinajstić information content (AvgIpc) is 2.41. The van der Waals surface area contributed by atoms with Crippen LogP contribution < -0.4 is 0 Å². The van der Waals surface area contributed by atoms with Crippen LogP contribution in [0.15, 0.2) is 11.1 Å². The van der Waals surface area contributed by atoms with E-state index >= 15 is 0 Å². The van der Waals surface area contributed by atoms with Gasteiger partial charge < -0.3 is 4.43 Å². The molecule has 0 spiro atoms. The molecule has 0 aromatic heterocycles. The maximum absolute atomic E-state index is 11.5. The van der Waals surface area contributed by atoms with E-state index in [2.05, 4.69) is 54.6 Å². The van der Waals surface area contributed by atoms with Crippen molar-refractivity contribution in [1.82, 2.24) is 0 Å². The second kappa shape index (κ2) is 7.44. The van der Waals surface area contributed by atoms with Gasteiger partial charge in [0.05, 0.1) is 6.10 Å². The van der Waals surface area contributed by atoms with E-state index in [0.29, 0.717) is 11.8 Å². The molecule has 22 heavy (non-hydrogen) atoms. The Kier molecular flexibility index (Phi) is 6.64. The van der Waals surface area contributed by atoms with Crippen LogP contribution in [0, 0.1) is 11.8 Å². The standard InChI is InChI=1S/C19H36O2Si/c1-9-15(10-2)16-11-17(13-20)14(3)18(12-16)21-22(7,8)19(4,5)6/h13,15-16,18H,9-12H2,1-8H3/t16-,18-/m0/s1. The van der Waals surface area contributed by atoms with Gasteiger partial charge in [-0.1, -0.05) is 47.5 Å². The van der Waals surface area contributed by atoms with Gasteiger partial charge in [-0.25, -0.2) is 0 Å². The summed E-state index contributed by atoms with van der Waals surface area (Å²) in [7, 11) is -1.81. The predicted molar refractivity (Wildman–Crippen MR) is 97.6 cm³/mol. The first-order valence-electron chi connectivity index (χ1n) is 8.90. The van der Waals surface area contributed by atoms with E-state index in [1.807, 2.05) is 0 Å². The molecule has 128 valence electrons. The molecule has 0 aromatic carbocycles. The van der Waals surface area contributed by atoms with Crippen LogP contribution in [0.2, 0.25) is 18.1 Å². The SMILES string of the molecule is CCC(CC)[C@H]1CC(C=O)=C(C)[C@@H](O[Si](C)(C)C(C)(C)C)C1. The summed E-state index contributed by atoms with van der Waals surface area (Å²) in [5.41, 5.74) is 2.17. The summed E-state index contributed by atoms with van der Waals surface area (Å²) in [4.78, 5) is 11.5. The third kappa shape index (κ3) is 4.32. The van der Waals surface area contributed by atoms with Crippen LogP contribution in [0.3, 0.4) is 0 Å². The third-order valence-corrected chi connectivity index (χ3v) is 10.6. The summed E-state index contributed by atoms with van der Waals surface area (Å²) >= 11 is 0. The van der Waals surface area contributed by atoms with E-state index in [1.54, 1.807) is 0 Å². The number of hydrogen-bond donors (Lipinski definition) is 0. The summed E-state index contributed by atoms with van der Waals surface area (Å²) in [6, 6.07) is 0. The maximum atomic E-state index is 11.5. The second-order valence-electron chi connectivity index (χ2n) is 8.47. The lowest BCUT2D eigenvalue weighted by Crippen LogP contribution is -2.46. The van der Waals surface area contributed by atoms with Gasteiger partial charge in [0.1, 0.15) is 6.29 Å². The van der Waals surface area contributed by atoms with Crippen molar-refractivity contribution in [1.29, 1.82) is 0 Å². The zero-order valence-corrected chi connectivity index (χ0v) is 17.0. The van der Waals surface area contributed by atoms with Gasteiger partial charge in [0, 0.05) is 0 Å². The molecule has 0 saturated heterocycles. The Morgan fingerprint density at radius 1 is 1.27 bits per heavy atom. The molecule has 1 aliphatic rings. The average molecular weight is 325 g/mol. The van der Waals surface area contributed by atoms with Gasteiger partial charge in [0.2, 0.25) is 0 Å². The molecule has 0 aliphatic heterocycles. The van der Waals surface area contributed by atoms with E-state index in [0.717, 1.165) is 24.7 Å². The van der Waals surface area contributed by atoms with Crippen LogP contribution in [-0.4, -0.2) is 20.7 Å². The Bertz CT molecular complexity index is 414. The van der Waals surface area contributed by atoms with Gasteiger partial charge in [0.15, 0.2) is 8.32 Å².